The Labute approximate surface area is 167 Å². The number of carboxylic acid groups (broad SMARTS) is 1. The highest BCUT2D eigenvalue weighted by Gasteiger charge is 2.27. The second-order valence-electron chi connectivity index (χ2n) is 6.25. The number of carbonyl (C=O) groups excluding carboxylic acids is 4. The van der Waals surface area contributed by atoms with Crippen molar-refractivity contribution < 1.29 is 29.1 Å². The molecule has 0 heterocycles. The first-order valence-corrected chi connectivity index (χ1v) is 10.1. The molecule has 0 rings (SSSR count). The summed E-state index contributed by atoms with van der Waals surface area (Å²) in [5.74, 6) is -3.20. The fourth-order valence-electron chi connectivity index (χ4n) is 1.99. The van der Waals surface area contributed by atoms with Crippen molar-refractivity contribution in [1.82, 2.24) is 16.0 Å². The number of nitrogens with one attached hydrogen (secondary N) is 3. The van der Waals surface area contributed by atoms with Gasteiger partial charge in [0, 0.05) is 6.42 Å². The molecule has 0 aliphatic rings. The number of rotatable bonds is 13. The Balaban J connectivity index is 4.95. The summed E-state index contributed by atoms with van der Waals surface area (Å²) in [6.07, 6.45) is 2.05. The lowest BCUT2D eigenvalue weighted by atomic mass is 10.1. The van der Waals surface area contributed by atoms with Gasteiger partial charge in [-0.15, -0.1) is 0 Å². The molecular formula is C16H29N5O6S. The predicted octanol–water partition coefficient (Wildman–Crippen LogP) is -2.09. The maximum atomic E-state index is 12.4. The minimum Gasteiger partial charge on any atom is -0.480 e. The molecule has 28 heavy (non-hydrogen) atoms. The van der Waals surface area contributed by atoms with Crippen molar-refractivity contribution in [3.63, 3.8) is 0 Å². The van der Waals surface area contributed by atoms with E-state index in [-0.39, 0.29) is 12.8 Å². The molecule has 11 nitrogen and oxygen atoms in total. The fraction of sp³-hybridized carbons (Fsp3) is 0.688. The lowest BCUT2D eigenvalue weighted by molar-refractivity contribution is -0.141. The van der Waals surface area contributed by atoms with Gasteiger partial charge in [-0.2, -0.15) is 11.8 Å². The van der Waals surface area contributed by atoms with Gasteiger partial charge in [-0.3, -0.25) is 24.0 Å². The zero-order chi connectivity index (χ0) is 21.9. The SMILES string of the molecule is CSCCC(N)C(=O)NC(CCC(N)=O)C(=O)NC(C)C(=O)NC(C)C(=O)O. The normalized spacial score (nSPS) is 14.9. The number of amides is 4. The second kappa shape index (κ2) is 12.9. The number of aliphatic carboxylic acids is 1. The van der Waals surface area contributed by atoms with Crippen molar-refractivity contribution in [3.05, 3.63) is 0 Å². The van der Waals surface area contributed by atoms with E-state index in [1.165, 1.54) is 25.6 Å². The van der Waals surface area contributed by atoms with Crippen molar-refractivity contribution in [2.75, 3.05) is 12.0 Å². The Bertz CT molecular complexity index is 588. The van der Waals surface area contributed by atoms with Gasteiger partial charge in [-0.25, -0.2) is 0 Å². The maximum Gasteiger partial charge on any atom is 0.325 e. The Morgan fingerprint density at radius 2 is 1.50 bits per heavy atom. The number of nitrogens with two attached hydrogens (primary N) is 2. The highest BCUT2D eigenvalue weighted by Crippen LogP contribution is 2.03. The molecule has 0 fully saturated rings. The second-order valence-corrected chi connectivity index (χ2v) is 7.24. The van der Waals surface area contributed by atoms with Gasteiger partial charge in [0.1, 0.15) is 18.1 Å². The van der Waals surface area contributed by atoms with Crippen LogP contribution in [-0.2, 0) is 24.0 Å². The van der Waals surface area contributed by atoms with Crippen LogP contribution in [0.2, 0.25) is 0 Å². The quantitative estimate of drug-likeness (QED) is 0.195. The predicted molar refractivity (Wildman–Crippen MR) is 104 cm³/mol. The molecule has 4 unspecified atom stereocenters. The summed E-state index contributed by atoms with van der Waals surface area (Å²) in [6, 6.07) is -4.14. The van der Waals surface area contributed by atoms with Gasteiger partial charge in [0.05, 0.1) is 6.04 Å². The van der Waals surface area contributed by atoms with Crippen LogP contribution in [0.15, 0.2) is 0 Å². The topological polar surface area (TPSA) is 194 Å². The van der Waals surface area contributed by atoms with Gasteiger partial charge >= 0.3 is 5.97 Å². The summed E-state index contributed by atoms with van der Waals surface area (Å²) in [6.45, 7) is 2.64. The molecule has 0 spiro atoms. The van der Waals surface area contributed by atoms with E-state index in [0.29, 0.717) is 12.2 Å². The fourth-order valence-corrected chi connectivity index (χ4v) is 2.48. The van der Waals surface area contributed by atoms with E-state index in [1.54, 1.807) is 0 Å². The minimum atomic E-state index is -1.22. The van der Waals surface area contributed by atoms with E-state index in [1.807, 2.05) is 6.26 Å². The smallest absolute Gasteiger partial charge is 0.325 e. The minimum absolute atomic E-state index is 0.0674. The molecule has 0 aromatic rings. The summed E-state index contributed by atoms with van der Waals surface area (Å²) in [7, 11) is 0. The van der Waals surface area contributed by atoms with E-state index in [9.17, 15) is 24.0 Å². The van der Waals surface area contributed by atoms with E-state index in [4.69, 9.17) is 16.6 Å². The van der Waals surface area contributed by atoms with Crippen molar-refractivity contribution in [1.29, 1.82) is 0 Å². The first-order chi connectivity index (χ1) is 13.0. The molecule has 0 aliphatic carbocycles. The standard InChI is InChI=1S/C16H29N5O6S/c1-8(13(23)20-9(2)16(26)27)19-15(25)11(4-5-12(18)22)21-14(24)10(17)6-7-28-3/h8-11H,4-7,17H2,1-3H3,(H2,18,22)(H,19,25)(H,20,23)(H,21,24)(H,26,27). The van der Waals surface area contributed by atoms with Crippen molar-refractivity contribution in [3.8, 4) is 0 Å². The third-order valence-electron chi connectivity index (χ3n) is 3.76. The highest BCUT2D eigenvalue weighted by molar-refractivity contribution is 7.98. The van der Waals surface area contributed by atoms with E-state index < -0.39 is 53.8 Å². The molecule has 0 aliphatic heterocycles. The lowest BCUT2D eigenvalue weighted by Crippen LogP contribution is -2.56. The first kappa shape index (κ1) is 25.7. The summed E-state index contributed by atoms with van der Waals surface area (Å²) < 4.78 is 0. The van der Waals surface area contributed by atoms with Gasteiger partial charge in [0.2, 0.25) is 23.6 Å². The molecular weight excluding hydrogens is 390 g/mol. The highest BCUT2D eigenvalue weighted by atomic mass is 32.2. The molecule has 160 valence electrons. The average molecular weight is 420 g/mol. The molecule has 4 amide bonds. The number of hydrogen-bond donors (Lipinski definition) is 6. The lowest BCUT2D eigenvalue weighted by Gasteiger charge is -2.22. The molecule has 4 atom stereocenters. The Kier molecular flexibility index (Phi) is 11.9. The summed E-state index contributed by atoms with van der Waals surface area (Å²) in [5, 5.41) is 15.9. The zero-order valence-electron chi connectivity index (χ0n) is 16.2. The maximum absolute atomic E-state index is 12.4. The Morgan fingerprint density at radius 1 is 0.929 bits per heavy atom. The average Bonchev–Trinajstić information content (AvgIpc) is 2.61. The van der Waals surface area contributed by atoms with E-state index >= 15 is 0 Å². The summed E-state index contributed by atoms with van der Waals surface area (Å²) in [4.78, 5) is 58.4. The van der Waals surface area contributed by atoms with Gasteiger partial charge in [0.25, 0.3) is 0 Å². The molecule has 8 N–H and O–H groups in total. The summed E-state index contributed by atoms with van der Waals surface area (Å²) in [5.41, 5.74) is 10.9. The van der Waals surface area contributed by atoms with Crippen LogP contribution in [0, 0.1) is 0 Å². The van der Waals surface area contributed by atoms with Crippen molar-refractivity contribution >= 4 is 41.4 Å². The number of thioether (sulfide) groups is 1. The molecule has 12 heteroatoms. The van der Waals surface area contributed by atoms with Crippen LogP contribution in [0.3, 0.4) is 0 Å². The van der Waals surface area contributed by atoms with Crippen LogP contribution in [0.1, 0.15) is 33.1 Å². The molecule has 0 aromatic heterocycles. The largest absolute Gasteiger partial charge is 0.480 e. The van der Waals surface area contributed by atoms with Gasteiger partial charge in [-0.1, -0.05) is 0 Å². The van der Waals surface area contributed by atoms with Crippen LogP contribution in [0.25, 0.3) is 0 Å². The van der Waals surface area contributed by atoms with Gasteiger partial charge in [0.15, 0.2) is 0 Å². The molecule has 0 saturated heterocycles. The third-order valence-corrected chi connectivity index (χ3v) is 4.41. The van der Waals surface area contributed by atoms with Crippen LogP contribution >= 0.6 is 11.8 Å². The third kappa shape index (κ3) is 10.1. The number of hydrogen-bond acceptors (Lipinski definition) is 7. The van der Waals surface area contributed by atoms with Crippen molar-refractivity contribution in [2.45, 2.75) is 57.3 Å². The Morgan fingerprint density at radius 3 is 2.00 bits per heavy atom. The van der Waals surface area contributed by atoms with E-state index in [0.717, 1.165) is 0 Å². The van der Waals surface area contributed by atoms with Gasteiger partial charge < -0.3 is 32.5 Å². The molecule has 0 bridgehead atoms. The molecule has 0 saturated carbocycles. The van der Waals surface area contributed by atoms with Crippen LogP contribution in [0.4, 0.5) is 0 Å². The Hall–Kier alpha value is -2.34. The van der Waals surface area contributed by atoms with Crippen LogP contribution in [-0.4, -0.2) is 70.9 Å². The van der Waals surface area contributed by atoms with E-state index in [2.05, 4.69) is 16.0 Å². The van der Waals surface area contributed by atoms with Crippen molar-refractivity contribution in [2.24, 2.45) is 11.5 Å². The molecule has 0 radical (unpaired) electrons. The zero-order valence-corrected chi connectivity index (χ0v) is 17.0. The van der Waals surface area contributed by atoms with Crippen LogP contribution < -0.4 is 27.4 Å². The number of carboxylic acids is 1. The number of primary amides is 1. The first-order valence-electron chi connectivity index (χ1n) is 8.66. The summed E-state index contributed by atoms with van der Waals surface area (Å²) >= 11 is 1.52. The molecule has 0 aromatic carbocycles. The van der Waals surface area contributed by atoms with Crippen LogP contribution in [0.5, 0.6) is 0 Å². The van der Waals surface area contributed by atoms with Gasteiger partial charge in [-0.05, 0) is 38.7 Å². The monoisotopic (exact) mass is 419 g/mol. The number of carbonyl (C=O) groups is 5.